The molecule has 0 aliphatic carbocycles. The second-order valence-electron chi connectivity index (χ2n) is 4.78. The SMILES string of the molecule is COc1ccc(CNCc2ccc(C(=O)O)cc2)c(OC)c1.Cl. The molecule has 124 valence electrons. The molecule has 5 nitrogen and oxygen atoms in total. The highest BCUT2D eigenvalue weighted by atomic mass is 35.5. The average Bonchev–Trinajstić information content (AvgIpc) is 2.55. The van der Waals surface area contributed by atoms with Crippen LogP contribution in [0.15, 0.2) is 42.5 Å². The molecule has 0 unspecified atom stereocenters. The van der Waals surface area contributed by atoms with Crippen molar-refractivity contribution in [3.8, 4) is 11.5 Å². The van der Waals surface area contributed by atoms with Crippen molar-refractivity contribution in [3.63, 3.8) is 0 Å². The van der Waals surface area contributed by atoms with E-state index in [-0.39, 0.29) is 12.4 Å². The van der Waals surface area contributed by atoms with E-state index in [2.05, 4.69) is 5.32 Å². The molecule has 0 aliphatic heterocycles. The molecule has 2 rings (SSSR count). The Bertz CT molecular complexity index is 644. The van der Waals surface area contributed by atoms with E-state index in [0.29, 0.717) is 18.7 Å². The molecule has 0 spiro atoms. The van der Waals surface area contributed by atoms with Gasteiger partial charge in [0.1, 0.15) is 11.5 Å². The number of carboxylic acid groups (broad SMARTS) is 1. The van der Waals surface area contributed by atoms with E-state index in [1.165, 1.54) is 0 Å². The maximum Gasteiger partial charge on any atom is 0.335 e. The standard InChI is InChI=1S/C17H19NO4.ClH/c1-21-15-8-7-14(16(9-15)22-2)11-18-10-12-3-5-13(6-4-12)17(19)20;/h3-9,18H,10-11H2,1-2H3,(H,19,20);1H. The van der Waals surface area contributed by atoms with Crippen molar-refractivity contribution in [3.05, 3.63) is 59.2 Å². The van der Waals surface area contributed by atoms with Crippen molar-refractivity contribution >= 4 is 18.4 Å². The summed E-state index contributed by atoms with van der Waals surface area (Å²) in [6.45, 7) is 1.29. The Morgan fingerprint density at radius 3 is 2.30 bits per heavy atom. The van der Waals surface area contributed by atoms with Gasteiger partial charge in [-0.25, -0.2) is 4.79 Å². The van der Waals surface area contributed by atoms with E-state index < -0.39 is 5.97 Å². The number of nitrogens with one attached hydrogen (secondary N) is 1. The van der Waals surface area contributed by atoms with Gasteiger partial charge < -0.3 is 19.9 Å². The first kappa shape index (κ1) is 18.8. The number of benzene rings is 2. The van der Waals surface area contributed by atoms with Gasteiger partial charge in [0.2, 0.25) is 0 Å². The molecule has 2 aromatic carbocycles. The number of rotatable bonds is 7. The van der Waals surface area contributed by atoms with Crippen molar-refractivity contribution in [2.45, 2.75) is 13.1 Å². The highest BCUT2D eigenvalue weighted by Crippen LogP contribution is 2.24. The summed E-state index contributed by atoms with van der Waals surface area (Å²) >= 11 is 0. The number of hydrogen-bond donors (Lipinski definition) is 2. The van der Waals surface area contributed by atoms with Gasteiger partial charge in [-0.1, -0.05) is 18.2 Å². The van der Waals surface area contributed by atoms with Crippen LogP contribution in [0.2, 0.25) is 0 Å². The van der Waals surface area contributed by atoms with E-state index in [1.807, 2.05) is 30.3 Å². The molecule has 0 bridgehead atoms. The molecular formula is C17H20ClNO4. The van der Waals surface area contributed by atoms with Crippen LogP contribution in [0, 0.1) is 0 Å². The fourth-order valence-electron chi connectivity index (χ4n) is 2.10. The molecule has 0 fully saturated rings. The summed E-state index contributed by atoms with van der Waals surface area (Å²) in [5.41, 5.74) is 2.35. The summed E-state index contributed by atoms with van der Waals surface area (Å²) in [5, 5.41) is 12.2. The summed E-state index contributed by atoms with van der Waals surface area (Å²) in [6, 6.07) is 12.5. The Balaban J connectivity index is 0.00000264. The third-order valence-electron chi connectivity index (χ3n) is 3.34. The first-order valence-electron chi connectivity index (χ1n) is 6.88. The topological polar surface area (TPSA) is 67.8 Å². The van der Waals surface area contributed by atoms with Crippen LogP contribution in [0.3, 0.4) is 0 Å². The van der Waals surface area contributed by atoms with Crippen LogP contribution in [0.1, 0.15) is 21.5 Å². The molecule has 23 heavy (non-hydrogen) atoms. The fourth-order valence-corrected chi connectivity index (χ4v) is 2.10. The molecule has 2 aromatic rings. The Kier molecular flexibility index (Phi) is 7.38. The summed E-state index contributed by atoms with van der Waals surface area (Å²) in [7, 11) is 3.25. The molecular weight excluding hydrogens is 318 g/mol. The van der Waals surface area contributed by atoms with Crippen LogP contribution in [0.4, 0.5) is 0 Å². The largest absolute Gasteiger partial charge is 0.497 e. The van der Waals surface area contributed by atoms with Crippen LogP contribution in [0.25, 0.3) is 0 Å². The van der Waals surface area contributed by atoms with E-state index >= 15 is 0 Å². The van der Waals surface area contributed by atoms with Gasteiger partial charge in [-0.15, -0.1) is 12.4 Å². The van der Waals surface area contributed by atoms with Crippen molar-refractivity contribution in [2.75, 3.05) is 14.2 Å². The smallest absolute Gasteiger partial charge is 0.335 e. The minimum atomic E-state index is -0.914. The van der Waals surface area contributed by atoms with Crippen molar-refractivity contribution < 1.29 is 19.4 Å². The van der Waals surface area contributed by atoms with Gasteiger partial charge in [-0.05, 0) is 23.8 Å². The number of aromatic carboxylic acids is 1. The van der Waals surface area contributed by atoms with Gasteiger partial charge >= 0.3 is 5.97 Å². The molecule has 0 aliphatic rings. The number of hydrogen-bond acceptors (Lipinski definition) is 4. The molecule has 0 saturated heterocycles. The van der Waals surface area contributed by atoms with Gasteiger partial charge in [0.25, 0.3) is 0 Å². The van der Waals surface area contributed by atoms with Gasteiger partial charge in [-0.2, -0.15) is 0 Å². The number of carbonyl (C=O) groups is 1. The second-order valence-corrected chi connectivity index (χ2v) is 4.78. The monoisotopic (exact) mass is 337 g/mol. The summed E-state index contributed by atoms with van der Waals surface area (Å²) in [6.07, 6.45) is 0. The lowest BCUT2D eigenvalue weighted by atomic mass is 10.1. The predicted molar refractivity (Wildman–Crippen MR) is 90.7 cm³/mol. The van der Waals surface area contributed by atoms with Gasteiger partial charge in [0.15, 0.2) is 0 Å². The lowest BCUT2D eigenvalue weighted by Crippen LogP contribution is -2.13. The summed E-state index contributed by atoms with van der Waals surface area (Å²) in [5.74, 6) is 0.611. The molecule has 0 radical (unpaired) electrons. The number of ether oxygens (including phenoxy) is 2. The summed E-state index contributed by atoms with van der Waals surface area (Å²) in [4.78, 5) is 10.8. The fraction of sp³-hybridized carbons (Fsp3) is 0.235. The van der Waals surface area contributed by atoms with Gasteiger partial charge in [0.05, 0.1) is 19.8 Å². The minimum absolute atomic E-state index is 0. The first-order chi connectivity index (χ1) is 10.6. The van der Waals surface area contributed by atoms with Crippen LogP contribution in [-0.2, 0) is 13.1 Å². The number of carboxylic acids is 1. The van der Waals surface area contributed by atoms with Crippen molar-refractivity contribution in [2.24, 2.45) is 0 Å². The number of halogens is 1. The summed E-state index contributed by atoms with van der Waals surface area (Å²) < 4.78 is 10.5. The van der Waals surface area contributed by atoms with E-state index in [4.69, 9.17) is 14.6 Å². The van der Waals surface area contributed by atoms with Crippen LogP contribution >= 0.6 is 12.4 Å². The minimum Gasteiger partial charge on any atom is -0.497 e. The third kappa shape index (κ3) is 5.16. The molecule has 6 heteroatoms. The lowest BCUT2D eigenvalue weighted by molar-refractivity contribution is 0.0697. The number of methoxy groups -OCH3 is 2. The Morgan fingerprint density at radius 1 is 1.04 bits per heavy atom. The van der Waals surface area contributed by atoms with E-state index in [9.17, 15) is 4.79 Å². The maximum absolute atomic E-state index is 10.8. The zero-order valence-electron chi connectivity index (χ0n) is 13.0. The van der Waals surface area contributed by atoms with Crippen LogP contribution < -0.4 is 14.8 Å². The molecule has 0 amide bonds. The van der Waals surface area contributed by atoms with Crippen LogP contribution in [0.5, 0.6) is 11.5 Å². The Hall–Kier alpha value is -2.24. The quantitative estimate of drug-likeness (QED) is 0.812. The normalized spacial score (nSPS) is 9.83. The second kappa shape index (κ2) is 9.02. The molecule has 0 atom stereocenters. The lowest BCUT2D eigenvalue weighted by Gasteiger charge is -2.11. The highest BCUT2D eigenvalue weighted by molar-refractivity contribution is 5.87. The zero-order valence-corrected chi connectivity index (χ0v) is 13.9. The molecule has 2 N–H and O–H groups in total. The predicted octanol–water partition coefficient (Wildman–Crippen LogP) is 3.11. The van der Waals surface area contributed by atoms with Gasteiger partial charge in [-0.3, -0.25) is 0 Å². The van der Waals surface area contributed by atoms with Crippen LogP contribution in [-0.4, -0.2) is 25.3 Å². The van der Waals surface area contributed by atoms with E-state index in [0.717, 1.165) is 22.6 Å². The third-order valence-corrected chi connectivity index (χ3v) is 3.34. The Morgan fingerprint density at radius 2 is 1.74 bits per heavy atom. The maximum atomic E-state index is 10.8. The van der Waals surface area contributed by atoms with E-state index in [1.54, 1.807) is 26.4 Å². The van der Waals surface area contributed by atoms with Crippen molar-refractivity contribution in [1.29, 1.82) is 0 Å². The average molecular weight is 338 g/mol. The zero-order chi connectivity index (χ0) is 15.9. The first-order valence-corrected chi connectivity index (χ1v) is 6.88. The molecule has 0 heterocycles. The Labute approximate surface area is 141 Å². The van der Waals surface area contributed by atoms with Crippen molar-refractivity contribution in [1.82, 2.24) is 5.32 Å². The van der Waals surface area contributed by atoms with Gasteiger partial charge in [0, 0.05) is 24.7 Å². The molecule has 0 saturated carbocycles. The highest BCUT2D eigenvalue weighted by Gasteiger charge is 2.05. The molecule has 0 aromatic heterocycles.